The second-order valence-electron chi connectivity index (χ2n) is 8.19. The monoisotopic (exact) mass is 415 g/mol. The van der Waals surface area contributed by atoms with E-state index in [9.17, 15) is 4.91 Å². The zero-order chi connectivity index (χ0) is 21.6. The summed E-state index contributed by atoms with van der Waals surface area (Å²) in [6.45, 7) is 7.44. The molecule has 0 N–H and O–H groups in total. The number of benzene rings is 2. The highest BCUT2D eigenvalue weighted by Crippen LogP contribution is 2.37. The van der Waals surface area contributed by atoms with Gasteiger partial charge in [-0.1, -0.05) is 41.6 Å². The number of hydrogen-bond donors (Lipinski definition) is 0. The average Bonchev–Trinajstić information content (AvgIpc) is 2.81. The van der Waals surface area contributed by atoms with Gasteiger partial charge in [0.25, 0.3) is 0 Å². The lowest BCUT2D eigenvalue weighted by atomic mass is 9.82. The second kappa shape index (κ2) is 9.84. The van der Waals surface area contributed by atoms with Gasteiger partial charge in [-0.25, -0.2) is 0 Å². The highest BCUT2D eigenvalue weighted by atomic mass is 16.5. The van der Waals surface area contributed by atoms with Crippen LogP contribution in [0.3, 0.4) is 0 Å². The number of rotatable bonds is 7. The Morgan fingerprint density at radius 3 is 2.42 bits per heavy atom. The predicted octanol–water partition coefficient (Wildman–Crippen LogP) is 5.56. The van der Waals surface area contributed by atoms with Gasteiger partial charge in [-0.2, -0.15) is 4.91 Å². The minimum Gasteiger partial charge on any atom is -0.378 e. The molecule has 1 saturated heterocycles. The molecule has 1 unspecified atom stereocenters. The average molecular weight is 416 g/mol. The Hall–Kier alpha value is -3.05. The first-order valence-corrected chi connectivity index (χ1v) is 10.9. The van der Waals surface area contributed by atoms with Gasteiger partial charge in [0.15, 0.2) is 0 Å². The number of aryl methyl sites for hydroxylation is 2. The van der Waals surface area contributed by atoms with E-state index in [1.807, 2.05) is 19.1 Å². The topological polar surface area (TPSA) is 54.8 Å². The number of ether oxygens (including phenoxy) is 1. The third-order valence-electron chi connectivity index (χ3n) is 6.13. The lowest BCUT2D eigenvalue weighted by molar-refractivity contribution is 0.122. The molecular weight excluding hydrogens is 386 g/mol. The van der Waals surface area contributed by atoms with Crippen molar-refractivity contribution in [2.75, 3.05) is 31.2 Å². The Kier molecular flexibility index (Phi) is 6.73. The fourth-order valence-corrected chi connectivity index (χ4v) is 4.40. The summed E-state index contributed by atoms with van der Waals surface area (Å²) in [7, 11) is 0. The molecule has 2 aromatic carbocycles. The van der Waals surface area contributed by atoms with E-state index in [0.29, 0.717) is 6.42 Å². The van der Waals surface area contributed by atoms with Gasteiger partial charge in [0, 0.05) is 36.6 Å². The van der Waals surface area contributed by atoms with Crippen LogP contribution in [0.5, 0.6) is 0 Å². The van der Waals surface area contributed by atoms with Crippen LogP contribution in [-0.4, -0.2) is 31.3 Å². The van der Waals surface area contributed by atoms with Crippen molar-refractivity contribution in [2.45, 2.75) is 32.2 Å². The molecule has 0 spiro atoms. The van der Waals surface area contributed by atoms with Crippen molar-refractivity contribution in [3.63, 3.8) is 0 Å². The van der Waals surface area contributed by atoms with E-state index in [0.717, 1.165) is 37.6 Å². The molecule has 1 aromatic heterocycles. The molecule has 2 atom stereocenters. The van der Waals surface area contributed by atoms with Crippen molar-refractivity contribution < 1.29 is 4.74 Å². The van der Waals surface area contributed by atoms with Gasteiger partial charge in [-0.05, 0) is 66.8 Å². The smallest absolute Gasteiger partial charge is 0.118 e. The fourth-order valence-electron chi connectivity index (χ4n) is 4.40. The third kappa shape index (κ3) is 5.00. The van der Waals surface area contributed by atoms with Crippen molar-refractivity contribution in [2.24, 2.45) is 5.18 Å². The van der Waals surface area contributed by atoms with Gasteiger partial charge in [0.1, 0.15) is 6.04 Å². The number of nitrogens with zero attached hydrogens (tertiary/aromatic N) is 3. The van der Waals surface area contributed by atoms with E-state index in [2.05, 4.69) is 70.5 Å². The summed E-state index contributed by atoms with van der Waals surface area (Å²) >= 11 is 0. The molecule has 2 heterocycles. The lowest BCUT2D eigenvalue weighted by Crippen LogP contribution is -2.36. The molecule has 31 heavy (non-hydrogen) atoms. The molecule has 160 valence electrons. The highest BCUT2D eigenvalue weighted by Gasteiger charge is 2.24. The van der Waals surface area contributed by atoms with Crippen LogP contribution in [0.2, 0.25) is 0 Å². The zero-order valence-electron chi connectivity index (χ0n) is 18.2. The molecule has 0 amide bonds. The van der Waals surface area contributed by atoms with E-state index in [4.69, 9.17) is 4.74 Å². The second-order valence-corrected chi connectivity index (χ2v) is 8.19. The number of aromatic nitrogens is 1. The van der Waals surface area contributed by atoms with Gasteiger partial charge < -0.3 is 9.64 Å². The Balaban J connectivity index is 1.66. The summed E-state index contributed by atoms with van der Waals surface area (Å²) in [5.41, 5.74) is 6.69. The van der Waals surface area contributed by atoms with Gasteiger partial charge >= 0.3 is 0 Å². The van der Waals surface area contributed by atoms with E-state index in [1.165, 1.54) is 22.4 Å². The largest absolute Gasteiger partial charge is 0.378 e. The summed E-state index contributed by atoms with van der Waals surface area (Å²) in [5, 5.41) is 3.51. The number of pyridine rings is 1. The molecule has 3 aromatic rings. The van der Waals surface area contributed by atoms with Crippen LogP contribution in [0, 0.1) is 18.8 Å². The van der Waals surface area contributed by atoms with Crippen LogP contribution in [0.15, 0.2) is 72.0 Å². The molecule has 4 rings (SSSR count). The summed E-state index contributed by atoms with van der Waals surface area (Å²) in [4.78, 5) is 18.5. The summed E-state index contributed by atoms with van der Waals surface area (Å²) in [5.74, 6) is 0.0797. The van der Waals surface area contributed by atoms with Crippen LogP contribution in [0.1, 0.15) is 46.3 Å². The maximum absolute atomic E-state index is 11.9. The first kappa shape index (κ1) is 21.2. The highest BCUT2D eigenvalue weighted by molar-refractivity contribution is 5.50. The Bertz CT molecular complexity index is 1010. The molecule has 1 fully saturated rings. The molecular formula is C26H29N3O2. The molecule has 0 saturated carbocycles. The first-order chi connectivity index (χ1) is 15.2. The molecule has 1 aliphatic rings. The van der Waals surface area contributed by atoms with E-state index in [-0.39, 0.29) is 5.92 Å². The lowest BCUT2D eigenvalue weighted by Gasteiger charge is -2.29. The fraction of sp³-hybridized carbons (Fsp3) is 0.346. The van der Waals surface area contributed by atoms with Crippen LogP contribution in [-0.2, 0) is 4.74 Å². The summed E-state index contributed by atoms with van der Waals surface area (Å²) in [6, 6.07) is 20.6. The molecule has 5 heteroatoms. The maximum atomic E-state index is 11.9. The molecule has 0 radical (unpaired) electrons. The Morgan fingerprint density at radius 2 is 1.74 bits per heavy atom. The normalized spacial score (nSPS) is 16.0. The van der Waals surface area contributed by atoms with Crippen molar-refractivity contribution in [1.82, 2.24) is 4.98 Å². The SMILES string of the molecule is Cc1cc(C(C[C@H](c2ccc(N3CCOCC3)cc2)c2ccccc2C)N=O)ccn1. The van der Waals surface area contributed by atoms with Crippen LogP contribution < -0.4 is 4.90 Å². The minimum atomic E-state index is -0.426. The van der Waals surface area contributed by atoms with E-state index >= 15 is 0 Å². The molecule has 0 bridgehead atoms. The third-order valence-corrected chi connectivity index (χ3v) is 6.13. The molecule has 5 nitrogen and oxygen atoms in total. The van der Waals surface area contributed by atoms with Crippen molar-refractivity contribution in [3.05, 3.63) is 99.7 Å². The quantitative estimate of drug-likeness (QED) is 0.474. The van der Waals surface area contributed by atoms with Crippen molar-refractivity contribution in [1.29, 1.82) is 0 Å². The van der Waals surface area contributed by atoms with Crippen LogP contribution in [0.25, 0.3) is 0 Å². The van der Waals surface area contributed by atoms with Gasteiger partial charge in [0.05, 0.1) is 13.2 Å². The first-order valence-electron chi connectivity index (χ1n) is 10.9. The predicted molar refractivity (Wildman–Crippen MR) is 125 cm³/mol. The van der Waals surface area contributed by atoms with Crippen molar-refractivity contribution >= 4 is 5.69 Å². The van der Waals surface area contributed by atoms with Gasteiger partial charge in [-0.3, -0.25) is 4.98 Å². The summed E-state index contributed by atoms with van der Waals surface area (Å²) in [6.07, 6.45) is 2.37. The van der Waals surface area contributed by atoms with Gasteiger partial charge in [0.2, 0.25) is 0 Å². The number of morpholine rings is 1. The standard InChI is InChI=1S/C26H29N3O2/c1-19-5-3-4-6-24(19)25(18-26(28-30)22-11-12-27-20(2)17-22)21-7-9-23(10-8-21)29-13-15-31-16-14-29/h3-12,17,25-26H,13-16,18H2,1-2H3/t25-,26?/m1/s1. The number of nitroso groups, excluding NO2 is 1. The number of anilines is 1. The number of hydrogen-bond acceptors (Lipinski definition) is 5. The Labute approximate surface area is 184 Å². The Morgan fingerprint density at radius 1 is 1.00 bits per heavy atom. The maximum Gasteiger partial charge on any atom is 0.118 e. The van der Waals surface area contributed by atoms with E-state index < -0.39 is 6.04 Å². The molecule has 1 aliphatic heterocycles. The van der Waals surface area contributed by atoms with Crippen LogP contribution in [0.4, 0.5) is 5.69 Å². The van der Waals surface area contributed by atoms with Gasteiger partial charge in [-0.15, -0.1) is 0 Å². The summed E-state index contributed by atoms with van der Waals surface area (Å²) < 4.78 is 5.47. The van der Waals surface area contributed by atoms with Crippen LogP contribution >= 0.6 is 0 Å². The molecule has 0 aliphatic carbocycles. The van der Waals surface area contributed by atoms with Crippen molar-refractivity contribution in [3.8, 4) is 0 Å². The minimum absolute atomic E-state index is 0.0797. The zero-order valence-corrected chi connectivity index (χ0v) is 18.2. The van der Waals surface area contributed by atoms with E-state index in [1.54, 1.807) is 6.20 Å².